The zero-order valence-corrected chi connectivity index (χ0v) is 13.2. The van der Waals surface area contributed by atoms with Crippen LogP contribution in [-0.4, -0.2) is 21.6 Å². The Labute approximate surface area is 135 Å². The van der Waals surface area contributed by atoms with Crippen LogP contribution in [0.25, 0.3) is 0 Å². The number of benzene rings is 1. The van der Waals surface area contributed by atoms with E-state index >= 15 is 0 Å². The van der Waals surface area contributed by atoms with Crippen molar-refractivity contribution in [3.05, 3.63) is 59.8 Å². The van der Waals surface area contributed by atoms with E-state index in [1.54, 1.807) is 18.2 Å². The minimum Gasteiger partial charge on any atom is -0.480 e. The van der Waals surface area contributed by atoms with Gasteiger partial charge in [-0.2, -0.15) is 12.6 Å². The van der Waals surface area contributed by atoms with E-state index in [0.717, 1.165) is 5.56 Å². The van der Waals surface area contributed by atoms with Gasteiger partial charge in [0.15, 0.2) is 10.5 Å². The molecule has 0 bridgehead atoms. The highest BCUT2D eigenvalue weighted by Gasteiger charge is 2.56. The van der Waals surface area contributed by atoms with Crippen LogP contribution in [0.15, 0.2) is 54.3 Å². The molecular formula is C17H19NO3S. The van der Waals surface area contributed by atoms with Gasteiger partial charge in [-0.15, -0.1) is 0 Å². The van der Waals surface area contributed by atoms with Gasteiger partial charge < -0.3 is 10.8 Å². The average Bonchev–Trinajstić information content (AvgIpc) is 2.49. The minimum atomic E-state index is -1.81. The van der Waals surface area contributed by atoms with Crippen LogP contribution in [0.3, 0.4) is 0 Å². The molecule has 0 saturated heterocycles. The number of carbonyl (C=O) groups is 2. The fraction of sp³-hybridized carbons (Fsp3) is 0.294. The lowest BCUT2D eigenvalue weighted by Gasteiger charge is -2.42. The molecule has 2 unspecified atom stereocenters. The Balaban J connectivity index is 2.54. The third kappa shape index (κ3) is 2.68. The van der Waals surface area contributed by atoms with Crippen LogP contribution < -0.4 is 5.73 Å². The van der Waals surface area contributed by atoms with Crippen molar-refractivity contribution < 1.29 is 14.7 Å². The minimum absolute atomic E-state index is 0.347. The number of rotatable bonds is 5. The highest BCUT2D eigenvalue weighted by atomic mass is 32.1. The first-order valence-corrected chi connectivity index (χ1v) is 7.42. The van der Waals surface area contributed by atoms with Gasteiger partial charge in [-0.25, -0.2) is 0 Å². The van der Waals surface area contributed by atoms with Crippen molar-refractivity contribution in [1.82, 2.24) is 0 Å². The maximum absolute atomic E-state index is 12.1. The predicted octanol–water partition coefficient (Wildman–Crippen LogP) is 2.36. The second-order valence-corrected chi connectivity index (χ2v) is 6.30. The number of thiol groups is 1. The molecule has 0 saturated carbocycles. The molecule has 0 amide bonds. The van der Waals surface area contributed by atoms with Crippen LogP contribution in [0.1, 0.15) is 18.9 Å². The van der Waals surface area contributed by atoms with E-state index in [9.17, 15) is 14.7 Å². The number of hydrogen-bond acceptors (Lipinski definition) is 4. The molecule has 2 atom stereocenters. The fourth-order valence-electron chi connectivity index (χ4n) is 2.89. The van der Waals surface area contributed by atoms with Crippen molar-refractivity contribution in [3.8, 4) is 0 Å². The van der Waals surface area contributed by atoms with Crippen LogP contribution in [0.4, 0.5) is 0 Å². The largest absolute Gasteiger partial charge is 0.480 e. The highest BCUT2D eigenvalue weighted by Crippen LogP contribution is 2.47. The number of hydrogen-bond donors (Lipinski definition) is 3. The van der Waals surface area contributed by atoms with Crippen molar-refractivity contribution in [2.75, 3.05) is 0 Å². The number of carbonyl (C=O) groups excluding carboxylic acids is 1. The van der Waals surface area contributed by atoms with Gasteiger partial charge in [0.05, 0.1) is 0 Å². The van der Waals surface area contributed by atoms with E-state index in [0.29, 0.717) is 18.5 Å². The SMILES string of the molecule is CC(=O)C(S)(C(=O)O)C1(Cc2ccccc2)C=CC(N)=CC1. The molecule has 1 aliphatic rings. The first-order chi connectivity index (χ1) is 10.3. The number of ketones is 1. The molecule has 1 aliphatic carbocycles. The van der Waals surface area contributed by atoms with Crippen molar-refractivity contribution in [2.24, 2.45) is 11.1 Å². The smallest absolute Gasteiger partial charge is 0.328 e. The first kappa shape index (κ1) is 16.4. The van der Waals surface area contributed by atoms with Gasteiger partial charge in [0.1, 0.15) is 0 Å². The average molecular weight is 317 g/mol. The van der Waals surface area contributed by atoms with Gasteiger partial charge in [0.2, 0.25) is 0 Å². The number of Topliss-reactive ketones (excluding diaryl/α,β-unsaturated/α-hetero) is 1. The number of allylic oxidation sites excluding steroid dienone is 3. The van der Waals surface area contributed by atoms with E-state index in [1.165, 1.54) is 6.92 Å². The van der Waals surface area contributed by atoms with Gasteiger partial charge in [0.25, 0.3) is 0 Å². The summed E-state index contributed by atoms with van der Waals surface area (Å²) in [6.45, 7) is 1.27. The van der Waals surface area contributed by atoms with Crippen LogP contribution in [-0.2, 0) is 16.0 Å². The Bertz CT molecular complexity index is 637. The second-order valence-electron chi connectivity index (χ2n) is 5.63. The summed E-state index contributed by atoms with van der Waals surface area (Å²) in [7, 11) is 0. The zero-order valence-electron chi connectivity index (χ0n) is 12.3. The summed E-state index contributed by atoms with van der Waals surface area (Å²) < 4.78 is -1.81. The van der Waals surface area contributed by atoms with E-state index in [-0.39, 0.29) is 0 Å². The Hall–Kier alpha value is -2.01. The second kappa shape index (κ2) is 6.01. The summed E-state index contributed by atoms with van der Waals surface area (Å²) in [5, 5.41) is 9.68. The molecule has 0 spiro atoms. The molecule has 3 N–H and O–H groups in total. The Kier molecular flexibility index (Phi) is 4.47. The number of aliphatic carboxylic acids is 1. The molecule has 22 heavy (non-hydrogen) atoms. The lowest BCUT2D eigenvalue weighted by atomic mass is 9.65. The molecule has 116 valence electrons. The number of nitrogens with two attached hydrogens (primary N) is 1. The van der Waals surface area contributed by atoms with Crippen molar-refractivity contribution in [1.29, 1.82) is 0 Å². The summed E-state index contributed by atoms with van der Waals surface area (Å²) in [4.78, 5) is 24.0. The van der Waals surface area contributed by atoms with E-state index in [4.69, 9.17) is 5.73 Å². The molecule has 2 rings (SSSR count). The van der Waals surface area contributed by atoms with Crippen molar-refractivity contribution in [3.63, 3.8) is 0 Å². The lowest BCUT2D eigenvalue weighted by molar-refractivity contribution is -0.147. The summed E-state index contributed by atoms with van der Waals surface area (Å²) in [5.41, 5.74) is 6.31. The molecule has 1 aromatic carbocycles. The topological polar surface area (TPSA) is 80.4 Å². The van der Waals surface area contributed by atoms with Gasteiger partial charge in [-0.1, -0.05) is 42.5 Å². The zero-order chi connectivity index (χ0) is 16.4. The number of carboxylic acids is 1. The normalized spacial score (nSPS) is 23.5. The molecule has 0 aliphatic heterocycles. The summed E-state index contributed by atoms with van der Waals surface area (Å²) in [6.07, 6.45) is 5.87. The molecular weight excluding hydrogens is 298 g/mol. The molecule has 0 fully saturated rings. The fourth-order valence-corrected chi connectivity index (χ4v) is 3.14. The summed E-state index contributed by atoms with van der Waals surface area (Å²) in [5.74, 6) is -1.73. The maximum Gasteiger partial charge on any atom is 0.328 e. The standard InChI is InChI=1S/C17H19NO3S/c1-12(19)17(22,15(20)21)16(9-7-14(18)8-10-16)11-13-5-3-2-4-6-13/h2-9,22H,10-11,18H2,1H3,(H,20,21). The lowest BCUT2D eigenvalue weighted by Crippen LogP contribution is -2.55. The number of carboxylic acid groups (broad SMARTS) is 1. The highest BCUT2D eigenvalue weighted by molar-refractivity contribution is 7.83. The summed E-state index contributed by atoms with van der Waals surface area (Å²) >= 11 is 4.33. The van der Waals surface area contributed by atoms with Gasteiger partial charge in [0, 0.05) is 11.1 Å². The van der Waals surface area contributed by atoms with Crippen molar-refractivity contribution in [2.45, 2.75) is 24.5 Å². The van der Waals surface area contributed by atoms with Crippen LogP contribution in [0.5, 0.6) is 0 Å². The molecule has 0 heterocycles. The predicted molar refractivity (Wildman–Crippen MR) is 88.6 cm³/mol. The quantitative estimate of drug-likeness (QED) is 0.575. The van der Waals surface area contributed by atoms with E-state index in [2.05, 4.69) is 12.6 Å². The van der Waals surface area contributed by atoms with Gasteiger partial charge in [-0.3, -0.25) is 9.59 Å². The van der Waals surface area contributed by atoms with Crippen LogP contribution >= 0.6 is 12.6 Å². The third-order valence-electron chi connectivity index (χ3n) is 4.20. The Morgan fingerprint density at radius 2 is 2.00 bits per heavy atom. The maximum atomic E-state index is 12.1. The van der Waals surface area contributed by atoms with Crippen molar-refractivity contribution >= 4 is 24.4 Å². The summed E-state index contributed by atoms with van der Waals surface area (Å²) in [6, 6.07) is 9.48. The van der Waals surface area contributed by atoms with Crippen LogP contribution in [0, 0.1) is 5.41 Å². The van der Waals surface area contributed by atoms with Gasteiger partial charge in [-0.05, 0) is 31.4 Å². The van der Waals surface area contributed by atoms with E-state index < -0.39 is 21.9 Å². The molecule has 4 nitrogen and oxygen atoms in total. The first-order valence-electron chi connectivity index (χ1n) is 6.97. The molecule has 5 heteroatoms. The van der Waals surface area contributed by atoms with Crippen LogP contribution in [0.2, 0.25) is 0 Å². The molecule has 1 aromatic rings. The third-order valence-corrected chi connectivity index (χ3v) is 5.15. The molecule has 0 aromatic heterocycles. The Morgan fingerprint density at radius 3 is 2.45 bits per heavy atom. The molecule has 0 radical (unpaired) electrons. The van der Waals surface area contributed by atoms with E-state index in [1.807, 2.05) is 30.3 Å². The monoisotopic (exact) mass is 317 g/mol. The Morgan fingerprint density at radius 1 is 1.36 bits per heavy atom. The van der Waals surface area contributed by atoms with Gasteiger partial charge >= 0.3 is 5.97 Å².